The number of hydrogen-bond donors (Lipinski definition) is 2. The maximum absolute atomic E-state index is 12.2. The Morgan fingerprint density at radius 2 is 1.83 bits per heavy atom. The molecule has 0 aliphatic heterocycles. The van der Waals surface area contributed by atoms with Gasteiger partial charge in [0.15, 0.2) is 0 Å². The molecular weight excluding hydrogens is 370 g/mol. The van der Waals surface area contributed by atoms with E-state index < -0.39 is 0 Å². The number of rotatable bonds is 7. The number of methoxy groups -OCH3 is 1. The van der Waals surface area contributed by atoms with E-state index in [9.17, 15) is 9.59 Å². The lowest BCUT2D eigenvalue weighted by Gasteiger charge is -2.11. The smallest absolute Gasteiger partial charge is 0.243 e. The zero-order valence-electron chi connectivity index (χ0n) is 16.6. The molecule has 0 aliphatic rings. The number of benzene rings is 2. The van der Waals surface area contributed by atoms with E-state index >= 15 is 0 Å². The summed E-state index contributed by atoms with van der Waals surface area (Å²) in [6.45, 7) is 3.53. The van der Waals surface area contributed by atoms with Crippen LogP contribution in [0.15, 0.2) is 52.9 Å². The summed E-state index contributed by atoms with van der Waals surface area (Å²) in [5.41, 5.74) is 2.93. The summed E-state index contributed by atoms with van der Waals surface area (Å²) < 4.78 is 10.9. The lowest BCUT2D eigenvalue weighted by Crippen LogP contribution is -2.34. The largest absolute Gasteiger partial charge is 0.495 e. The van der Waals surface area contributed by atoms with Crippen LogP contribution in [0.3, 0.4) is 0 Å². The van der Waals surface area contributed by atoms with Crippen molar-refractivity contribution in [1.82, 2.24) is 10.3 Å². The Morgan fingerprint density at radius 1 is 1.07 bits per heavy atom. The normalized spacial score (nSPS) is 10.4. The Kier molecular flexibility index (Phi) is 6.29. The average molecular weight is 393 g/mol. The van der Waals surface area contributed by atoms with Crippen LogP contribution in [0.25, 0.3) is 11.5 Å². The zero-order chi connectivity index (χ0) is 20.8. The molecule has 0 bridgehead atoms. The topological polar surface area (TPSA) is 93.5 Å². The third-order valence-corrected chi connectivity index (χ3v) is 4.32. The fraction of sp³-hybridized carbons (Fsp3) is 0.227. The van der Waals surface area contributed by atoms with Crippen LogP contribution in [-0.4, -0.2) is 30.5 Å². The van der Waals surface area contributed by atoms with Crippen molar-refractivity contribution >= 4 is 17.5 Å². The molecule has 3 aromatic rings. The maximum atomic E-state index is 12.2. The second-order valence-electron chi connectivity index (χ2n) is 6.59. The summed E-state index contributed by atoms with van der Waals surface area (Å²) in [6, 6.07) is 14.9. The lowest BCUT2D eigenvalue weighted by atomic mass is 10.2. The van der Waals surface area contributed by atoms with Gasteiger partial charge in [0.1, 0.15) is 11.5 Å². The van der Waals surface area contributed by atoms with Gasteiger partial charge in [-0.3, -0.25) is 9.59 Å². The van der Waals surface area contributed by atoms with E-state index in [2.05, 4.69) is 15.6 Å². The average Bonchev–Trinajstić information content (AvgIpc) is 3.07. The van der Waals surface area contributed by atoms with Crippen LogP contribution >= 0.6 is 0 Å². The van der Waals surface area contributed by atoms with Gasteiger partial charge in [-0.1, -0.05) is 24.3 Å². The molecule has 0 aliphatic carbocycles. The molecular formula is C22H23N3O4. The first-order valence-corrected chi connectivity index (χ1v) is 9.19. The predicted molar refractivity (Wildman–Crippen MR) is 110 cm³/mol. The first-order chi connectivity index (χ1) is 14.0. The fourth-order valence-electron chi connectivity index (χ4n) is 2.80. The van der Waals surface area contributed by atoms with Gasteiger partial charge in [0.05, 0.1) is 31.5 Å². The van der Waals surface area contributed by atoms with Gasteiger partial charge in [0.25, 0.3) is 0 Å². The minimum absolute atomic E-state index is 0.0310. The van der Waals surface area contributed by atoms with Crippen LogP contribution in [0.2, 0.25) is 0 Å². The number of anilines is 1. The van der Waals surface area contributed by atoms with E-state index in [1.54, 1.807) is 13.0 Å². The van der Waals surface area contributed by atoms with Crippen molar-refractivity contribution in [2.45, 2.75) is 20.3 Å². The number of aryl methyl sites for hydroxylation is 2. The standard InChI is InChI=1S/C22H23N3O4/c1-14-9-10-19(28-3)18(11-14)24-21(27)13-23-20(26)12-17-15(2)29-22(25-17)16-7-5-4-6-8-16/h4-11H,12-13H2,1-3H3,(H,23,26)(H,24,27). The van der Waals surface area contributed by atoms with Crippen molar-refractivity contribution in [2.24, 2.45) is 0 Å². The fourth-order valence-corrected chi connectivity index (χ4v) is 2.80. The van der Waals surface area contributed by atoms with Crippen molar-refractivity contribution in [3.63, 3.8) is 0 Å². The highest BCUT2D eigenvalue weighted by Crippen LogP contribution is 2.25. The Labute approximate surface area is 169 Å². The first kappa shape index (κ1) is 20.1. The van der Waals surface area contributed by atoms with Crippen LogP contribution < -0.4 is 15.4 Å². The number of amides is 2. The van der Waals surface area contributed by atoms with Crippen LogP contribution in [0.1, 0.15) is 17.0 Å². The summed E-state index contributed by atoms with van der Waals surface area (Å²) in [5.74, 6) is 0.946. The molecule has 7 nitrogen and oxygen atoms in total. The summed E-state index contributed by atoms with van der Waals surface area (Å²) in [7, 11) is 1.53. The zero-order valence-corrected chi connectivity index (χ0v) is 16.6. The van der Waals surface area contributed by atoms with Crippen LogP contribution in [0, 0.1) is 13.8 Å². The number of carbonyl (C=O) groups is 2. The molecule has 3 rings (SSSR count). The monoisotopic (exact) mass is 393 g/mol. The number of ether oxygens (including phenoxy) is 1. The summed E-state index contributed by atoms with van der Waals surface area (Å²) in [6.07, 6.45) is 0.0310. The molecule has 0 fully saturated rings. The van der Waals surface area contributed by atoms with Crippen LogP contribution in [-0.2, 0) is 16.0 Å². The Hall–Kier alpha value is -3.61. The number of carbonyl (C=O) groups excluding carboxylic acids is 2. The van der Waals surface area contributed by atoms with E-state index in [4.69, 9.17) is 9.15 Å². The molecule has 2 N–H and O–H groups in total. The maximum Gasteiger partial charge on any atom is 0.243 e. The highest BCUT2D eigenvalue weighted by Gasteiger charge is 2.15. The Balaban J connectivity index is 1.56. The number of nitrogens with zero attached hydrogens (tertiary/aromatic N) is 1. The molecule has 2 amide bonds. The van der Waals surface area contributed by atoms with E-state index in [-0.39, 0.29) is 24.8 Å². The second-order valence-corrected chi connectivity index (χ2v) is 6.59. The van der Waals surface area contributed by atoms with E-state index in [0.29, 0.717) is 28.8 Å². The molecule has 1 heterocycles. The van der Waals surface area contributed by atoms with Gasteiger partial charge in [-0.15, -0.1) is 0 Å². The Morgan fingerprint density at radius 3 is 2.55 bits per heavy atom. The molecule has 0 unspecified atom stereocenters. The van der Waals surface area contributed by atoms with E-state index in [1.165, 1.54) is 7.11 Å². The molecule has 1 aromatic heterocycles. The molecule has 0 radical (unpaired) electrons. The second kappa shape index (κ2) is 9.05. The molecule has 29 heavy (non-hydrogen) atoms. The highest BCUT2D eigenvalue weighted by atomic mass is 16.5. The molecule has 0 spiro atoms. The lowest BCUT2D eigenvalue weighted by molar-refractivity contribution is -0.123. The number of oxazole rings is 1. The molecule has 0 atom stereocenters. The van der Waals surface area contributed by atoms with Gasteiger partial charge in [-0.25, -0.2) is 4.98 Å². The van der Waals surface area contributed by atoms with E-state index in [1.807, 2.05) is 49.4 Å². The van der Waals surface area contributed by atoms with Crippen molar-refractivity contribution < 1.29 is 18.7 Å². The quantitative estimate of drug-likeness (QED) is 0.643. The molecule has 150 valence electrons. The minimum Gasteiger partial charge on any atom is -0.495 e. The summed E-state index contributed by atoms with van der Waals surface area (Å²) in [4.78, 5) is 28.8. The van der Waals surface area contributed by atoms with Crippen molar-refractivity contribution in [1.29, 1.82) is 0 Å². The summed E-state index contributed by atoms with van der Waals surface area (Å²) in [5, 5.41) is 5.35. The van der Waals surface area contributed by atoms with Gasteiger partial charge in [-0.2, -0.15) is 0 Å². The third kappa shape index (κ3) is 5.22. The van der Waals surface area contributed by atoms with Crippen molar-refractivity contribution in [2.75, 3.05) is 19.0 Å². The Bertz CT molecular complexity index is 1010. The van der Waals surface area contributed by atoms with Gasteiger partial charge < -0.3 is 19.8 Å². The SMILES string of the molecule is COc1ccc(C)cc1NC(=O)CNC(=O)Cc1nc(-c2ccccc2)oc1C. The summed E-state index contributed by atoms with van der Waals surface area (Å²) >= 11 is 0. The van der Waals surface area contributed by atoms with Gasteiger partial charge in [0, 0.05) is 5.56 Å². The number of aromatic nitrogens is 1. The van der Waals surface area contributed by atoms with E-state index in [0.717, 1.165) is 11.1 Å². The van der Waals surface area contributed by atoms with Crippen molar-refractivity contribution in [3.05, 3.63) is 65.5 Å². The molecule has 0 saturated carbocycles. The van der Waals surface area contributed by atoms with Crippen molar-refractivity contribution in [3.8, 4) is 17.2 Å². The highest BCUT2D eigenvalue weighted by molar-refractivity contribution is 5.96. The molecule has 0 saturated heterocycles. The predicted octanol–water partition coefficient (Wildman–Crippen LogP) is 3.26. The van der Waals surface area contributed by atoms with Crippen LogP contribution in [0.5, 0.6) is 5.75 Å². The minimum atomic E-state index is -0.343. The van der Waals surface area contributed by atoms with Gasteiger partial charge in [-0.05, 0) is 43.7 Å². The molecule has 2 aromatic carbocycles. The van der Waals surface area contributed by atoms with Crippen LogP contribution in [0.4, 0.5) is 5.69 Å². The van der Waals surface area contributed by atoms with Gasteiger partial charge >= 0.3 is 0 Å². The number of nitrogens with one attached hydrogen (secondary N) is 2. The number of hydrogen-bond acceptors (Lipinski definition) is 5. The first-order valence-electron chi connectivity index (χ1n) is 9.19. The third-order valence-electron chi connectivity index (χ3n) is 4.32. The van der Waals surface area contributed by atoms with Gasteiger partial charge in [0.2, 0.25) is 17.7 Å². The molecule has 7 heteroatoms.